The summed E-state index contributed by atoms with van der Waals surface area (Å²) in [5.41, 5.74) is 8.01. The number of imidazole rings is 2. The highest BCUT2D eigenvalue weighted by Crippen LogP contribution is 2.45. The highest BCUT2D eigenvalue weighted by atomic mass is 15.1. The summed E-state index contributed by atoms with van der Waals surface area (Å²) in [6.07, 6.45) is 4.46. The number of nitrogens with zero attached hydrogens (tertiary/aromatic N) is 4. The van der Waals surface area contributed by atoms with Crippen LogP contribution in [-0.2, 0) is 16.2 Å². The van der Waals surface area contributed by atoms with Gasteiger partial charge in [-0.3, -0.25) is 9.13 Å². The van der Waals surface area contributed by atoms with Crippen LogP contribution in [0.25, 0.3) is 34.2 Å². The van der Waals surface area contributed by atoms with Crippen LogP contribution in [0.2, 0.25) is 0 Å². The predicted molar refractivity (Wildman–Crippen MR) is 176 cm³/mol. The van der Waals surface area contributed by atoms with E-state index < -0.39 is 0 Å². The van der Waals surface area contributed by atoms with Gasteiger partial charge in [-0.25, -0.2) is 9.97 Å². The highest BCUT2D eigenvalue weighted by Gasteiger charge is 2.44. The number of hydrogen-bond acceptors (Lipinski definition) is 2. The molecule has 6 aromatic rings. The Bertz CT molecular complexity index is 1800. The van der Waals surface area contributed by atoms with E-state index in [4.69, 9.17) is 9.97 Å². The van der Waals surface area contributed by atoms with Crippen LogP contribution in [0, 0.1) is 0 Å². The van der Waals surface area contributed by atoms with Crippen LogP contribution < -0.4 is 0 Å². The Morgan fingerprint density at radius 3 is 1.26 bits per heavy atom. The van der Waals surface area contributed by atoms with Gasteiger partial charge in [0.25, 0.3) is 0 Å². The lowest BCUT2D eigenvalue weighted by Gasteiger charge is -2.39. The number of benzene rings is 4. The van der Waals surface area contributed by atoms with E-state index in [0.29, 0.717) is 0 Å². The molecule has 0 aliphatic carbocycles. The summed E-state index contributed by atoms with van der Waals surface area (Å²) in [6, 6.07) is 38.9. The number of para-hydroxylation sites is 2. The molecule has 0 saturated heterocycles. The SMILES string of the molecule is CC1(C)c2cccc(c2)-c2nc(cn2-c2ccccc2)C(C)(C)C(C)(C)c2cn(-c3ccccc3)c(n2)-c2cccc1c2. The van der Waals surface area contributed by atoms with Gasteiger partial charge in [0.15, 0.2) is 0 Å². The summed E-state index contributed by atoms with van der Waals surface area (Å²) >= 11 is 0. The van der Waals surface area contributed by atoms with E-state index in [0.717, 1.165) is 45.5 Å². The van der Waals surface area contributed by atoms with Gasteiger partial charge in [0.2, 0.25) is 0 Å². The standard InChI is InChI=1S/C39H38N4/c1-37(2)29-17-13-15-27(23-29)35-40-33(25-42(35)31-19-9-7-10-20-31)38(3,4)39(5,6)34-26-43(32-21-11-8-12-22-32)36(41-34)28-16-14-18-30(37)24-28/h7-26H,1-6H3. The monoisotopic (exact) mass is 562 g/mol. The van der Waals surface area contributed by atoms with Crippen LogP contribution in [0.1, 0.15) is 64.1 Å². The van der Waals surface area contributed by atoms with Crippen LogP contribution in [0.5, 0.6) is 0 Å². The Balaban J connectivity index is 1.56. The van der Waals surface area contributed by atoms with Gasteiger partial charge >= 0.3 is 0 Å². The van der Waals surface area contributed by atoms with Gasteiger partial charge in [0, 0.05) is 51.1 Å². The first-order valence-electron chi connectivity index (χ1n) is 15.1. The van der Waals surface area contributed by atoms with Crippen molar-refractivity contribution in [3.05, 3.63) is 144 Å². The number of fused-ring (bicyclic) bond motifs is 10. The number of aromatic nitrogens is 4. The van der Waals surface area contributed by atoms with Gasteiger partial charge in [0.1, 0.15) is 11.6 Å². The van der Waals surface area contributed by atoms with E-state index in [1.165, 1.54) is 11.1 Å². The third-order valence-corrected chi connectivity index (χ3v) is 10.0. The summed E-state index contributed by atoms with van der Waals surface area (Å²) in [7, 11) is 0. The average Bonchev–Trinajstić information content (AvgIpc) is 3.69. The van der Waals surface area contributed by atoms with E-state index in [1.54, 1.807) is 0 Å². The molecule has 0 atom stereocenters. The molecule has 43 heavy (non-hydrogen) atoms. The molecule has 0 N–H and O–H groups in total. The molecule has 0 radical (unpaired) electrons. The van der Waals surface area contributed by atoms with Crippen LogP contribution in [0.3, 0.4) is 0 Å². The number of rotatable bonds is 2. The molecule has 3 heterocycles. The summed E-state index contributed by atoms with van der Waals surface area (Å²) < 4.78 is 4.50. The second kappa shape index (κ2) is 9.67. The summed E-state index contributed by atoms with van der Waals surface area (Å²) in [4.78, 5) is 10.9. The van der Waals surface area contributed by atoms with Gasteiger partial charge in [-0.1, -0.05) is 114 Å². The van der Waals surface area contributed by atoms with Crippen LogP contribution >= 0.6 is 0 Å². The molecule has 1 aliphatic heterocycles. The lowest BCUT2D eigenvalue weighted by Crippen LogP contribution is -2.41. The maximum atomic E-state index is 5.43. The quantitative estimate of drug-likeness (QED) is 0.211. The third kappa shape index (κ3) is 4.27. The van der Waals surface area contributed by atoms with Gasteiger partial charge in [-0.2, -0.15) is 0 Å². The molecule has 0 unspecified atom stereocenters. The van der Waals surface area contributed by atoms with E-state index in [1.807, 2.05) is 0 Å². The average molecular weight is 563 g/mol. The maximum absolute atomic E-state index is 5.43. The summed E-state index contributed by atoms with van der Waals surface area (Å²) in [5.74, 6) is 1.89. The molecule has 7 rings (SSSR count). The molecular weight excluding hydrogens is 524 g/mol. The lowest BCUT2D eigenvalue weighted by molar-refractivity contribution is 0.290. The van der Waals surface area contributed by atoms with Crippen molar-refractivity contribution in [2.45, 2.75) is 57.8 Å². The minimum Gasteiger partial charge on any atom is -0.299 e. The molecule has 4 heteroatoms. The number of hydrogen-bond donors (Lipinski definition) is 0. The molecule has 0 saturated carbocycles. The minimum absolute atomic E-state index is 0.245. The first-order chi connectivity index (χ1) is 20.6. The highest BCUT2D eigenvalue weighted by molar-refractivity contribution is 5.65. The van der Waals surface area contributed by atoms with E-state index in [9.17, 15) is 0 Å². The molecule has 214 valence electrons. The topological polar surface area (TPSA) is 35.6 Å². The van der Waals surface area contributed by atoms with Crippen molar-refractivity contribution < 1.29 is 0 Å². The molecule has 8 bridgehead atoms. The Hall–Kier alpha value is -4.70. The van der Waals surface area contributed by atoms with Crippen LogP contribution in [0.4, 0.5) is 0 Å². The Morgan fingerprint density at radius 1 is 0.465 bits per heavy atom. The summed E-state index contributed by atoms with van der Waals surface area (Å²) in [5, 5.41) is 0. The molecule has 1 aliphatic rings. The smallest absolute Gasteiger partial charge is 0.144 e. The Kier molecular flexibility index (Phi) is 6.10. The first kappa shape index (κ1) is 27.2. The molecule has 0 amide bonds. The molecule has 0 fully saturated rings. The van der Waals surface area contributed by atoms with Gasteiger partial charge in [-0.15, -0.1) is 0 Å². The molecule has 4 nitrogen and oxygen atoms in total. The second-order valence-corrected chi connectivity index (χ2v) is 13.3. The van der Waals surface area contributed by atoms with E-state index >= 15 is 0 Å². The molecule has 2 aromatic heterocycles. The fourth-order valence-electron chi connectivity index (χ4n) is 6.24. The van der Waals surface area contributed by atoms with E-state index in [2.05, 4.69) is 172 Å². The van der Waals surface area contributed by atoms with Crippen molar-refractivity contribution in [3.8, 4) is 34.2 Å². The first-order valence-corrected chi connectivity index (χ1v) is 15.1. The maximum Gasteiger partial charge on any atom is 0.144 e. The normalized spacial score (nSPS) is 16.2. The van der Waals surface area contributed by atoms with Crippen molar-refractivity contribution in [3.63, 3.8) is 0 Å². The van der Waals surface area contributed by atoms with Gasteiger partial charge in [-0.05, 0) is 47.5 Å². The summed E-state index contributed by atoms with van der Waals surface area (Å²) in [6.45, 7) is 13.8. The van der Waals surface area contributed by atoms with E-state index in [-0.39, 0.29) is 16.2 Å². The van der Waals surface area contributed by atoms with Crippen molar-refractivity contribution in [1.29, 1.82) is 0 Å². The predicted octanol–water partition coefficient (Wildman–Crippen LogP) is 9.29. The van der Waals surface area contributed by atoms with Crippen molar-refractivity contribution in [2.75, 3.05) is 0 Å². The zero-order valence-electron chi connectivity index (χ0n) is 25.8. The second-order valence-electron chi connectivity index (χ2n) is 13.3. The van der Waals surface area contributed by atoms with Crippen molar-refractivity contribution in [2.24, 2.45) is 0 Å². The van der Waals surface area contributed by atoms with Gasteiger partial charge in [0.05, 0.1) is 11.4 Å². The largest absolute Gasteiger partial charge is 0.299 e. The van der Waals surface area contributed by atoms with Crippen molar-refractivity contribution >= 4 is 0 Å². The lowest BCUT2D eigenvalue weighted by atomic mass is 9.64. The zero-order chi connectivity index (χ0) is 30.0. The fourth-order valence-corrected chi connectivity index (χ4v) is 6.24. The fraction of sp³-hybridized carbons (Fsp3) is 0.231. The van der Waals surface area contributed by atoms with Crippen LogP contribution in [0.15, 0.2) is 122 Å². The molecule has 4 aromatic carbocycles. The molecule has 0 spiro atoms. The van der Waals surface area contributed by atoms with Crippen molar-refractivity contribution in [1.82, 2.24) is 19.1 Å². The zero-order valence-corrected chi connectivity index (χ0v) is 25.8. The third-order valence-electron chi connectivity index (χ3n) is 10.0. The Morgan fingerprint density at radius 2 is 0.860 bits per heavy atom. The Labute approximate surface area is 254 Å². The minimum atomic E-state index is -0.353. The van der Waals surface area contributed by atoms with Gasteiger partial charge < -0.3 is 0 Å². The molecular formula is C39H38N4. The van der Waals surface area contributed by atoms with Crippen LogP contribution in [-0.4, -0.2) is 19.1 Å².